The van der Waals surface area contributed by atoms with Gasteiger partial charge in [-0.05, 0) is 11.8 Å². The van der Waals surface area contributed by atoms with Crippen molar-refractivity contribution < 1.29 is 9.90 Å². The molecule has 0 bridgehead atoms. The van der Waals surface area contributed by atoms with Crippen molar-refractivity contribution >= 4 is 5.97 Å². The lowest BCUT2D eigenvalue weighted by molar-refractivity contribution is -0.142. The van der Waals surface area contributed by atoms with E-state index in [1.165, 1.54) is 0 Å². The second-order valence-corrected chi connectivity index (χ2v) is 3.28. The van der Waals surface area contributed by atoms with E-state index >= 15 is 0 Å². The Morgan fingerprint density at radius 2 is 2.00 bits per heavy atom. The van der Waals surface area contributed by atoms with Crippen LogP contribution >= 0.6 is 0 Å². The van der Waals surface area contributed by atoms with Gasteiger partial charge in [0.15, 0.2) is 0 Å². The Kier molecular flexibility index (Phi) is 2.48. The first-order valence-corrected chi connectivity index (χ1v) is 3.04. The standard InChI is InChI=1S/C8H11O2/c1-5-6(7(9)10)8(2,3)4/h6H,2-4H3,(H,9,10). The Morgan fingerprint density at radius 3 is 2.00 bits per heavy atom. The maximum absolute atomic E-state index is 10.4. The minimum atomic E-state index is -0.984. The molecule has 0 fully saturated rings. The van der Waals surface area contributed by atoms with E-state index in [4.69, 9.17) is 11.5 Å². The van der Waals surface area contributed by atoms with Crippen molar-refractivity contribution in [3.63, 3.8) is 0 Å². The number of aliphatic carboxylic acids is 1. The molecule has 10 heavy (non-hydrogen) atoms. The van der Waals surface area contributed by atoms with E-state index in [1.54, 1.807) is 20.8 Å². The van der Waals surface area contributed by atoms with E-state index < -0.39 is 17.3 Å². The van der Waals surface area contributed by atoms with E-state index in [-0.39, 0.29) is 0 Å². The van der Waals surface area contributed by atoms with E-state index in [0.717, 1.165) is 0 Å². The van der Waals surface area contributed by atoms with Crippen molar-refractivity contribution in [1.82, 2.24) is 0 Å². The zero-order chi connectivity index (χ0) is 8.36. The van der Waals surface area contributed by atoms with Gasteiger partial charge in [0.25, 0.3) is 0 Å². The Hall–Kier alpha value is -0.970. The van der Waals surface area contributed by atoms with Crippen LogP contribution in [-0.4, -0.2) is 11.1 Å². The van der Waals surface area contributed by atoms with Gasteiger partial charge in [0.05, 0.1) is 0 Å². The van der Waals surface area contributed by atoms with Crippen LogP contribution in [0.2, 0.25) is 0 Å². The molecule has 1 atom stereocenters. The normalized spacial score (nSPS) is 13.8. The van der Waals surface area contributed by atoms with Gasteiger partial charge in [0.2, 0.25) is 0 Å². The van der Waals surface area contributed by atoms with Crippen molar-refractivity contribution in [2.24, 2.45) is 11.3 Å². The molecule has 1 radical (unpaired) electrons. The largest absolute Gasteiger partial charge is 0.480 e. The number of rotatable bonds is 1. The van der Waals surface area contributed by atoms with Gasteiger partial charge in [-0.25, -0.2) is 0 Å². The minimum absolute atomic E-state index is 0.409. The van der Waals surface area contributed by atoms with Gasteiger partial charge >= 0.3 is 5.97 Å². The predicted octanol–water partition coefficient (Wildman–Crippen LogP) is 1.32. The lowest BCUT2D eigenvalue weighted by atomic mass is 9.81. The molecule has 0 aliphatic rings. The van der Waals surface area contributed by atoms with Crippen LogP contribution in [0.3, 0.4) is 0 Å². The molecule has 0 saturated carbocycles. The molecule has 0 rings (SSSR count). The number of carboxylic acids is 1. The lowest BCUT2D eigenvalue weighted by Gasteiger charge is -2.21. The van der Waals surface area contributed by atoms with Crippen LogP contribution in [-0.2, 0) is 4.79 Å². The summed E-state index contributed by atoms with van der Waals surface area (Å²) in [4.78, 5) is 10.4. The summed E-state index contributed by atoms with van der Waals surface area (Å²) in [6, 6.07) is 0. The van der Waals surface area contributed by atoms with Gasteiger partial charge < -0.3 is 5.11 Å². The van der Waals surface area contributed by atoms with Crippen LogP contribution in [0.25, 0.3) is 0 Å². The highest BCUT2D eigenvalue weighted by Gasteiger charge is 2.28. The molecule has 0 aliphatic carbocycles. The molecule has 0 saturated heterocycles. The second kappa shape index (κ2) is 2.74. The maximum Gasteiger partial charge on any atom is 0.319 e. The van der Waals surface area contributed by atoms with E-state index in [2.05, 4.69) is 0 Å². The SMILES string of the molecule is [C]#CC(C(=O)O)C(C)(C)C. The molecule has 0 amide bonds. The highest BCUT2D eigenvalue weighted by Crippen LogP contribution is 2.24. The van der Waals surface area contributed by atoms with Crippen molar-refractivity contribution in [3.8, 4) is 5.92 Å². The quantitative estimate of drug-likeness (QED) is 0.556. The third-order valence-electron chi connectivity index (χ3n) is 1.26. The lowest BCUT2D eigenvalue weighted by Crippen LogP contribution is -2.26. The fourth-order valence-electron chi connectivity index (χ4n) is 0.649. The summed E-state index contributed by atoms with van der Waals surface area (Å²) < 4.78 is 0. The zero-order valence-electron chi connectivity index (χ0n) is 6.43. The molecule has 0 spiro atoms. The average molecular weight is 139 g/mol. The summed E-state index contributed by atoms with van der Waals surface area (Å²) in [5, 5.41) is 8.53. The maximum atomic E-state index is 10.4. The van der Waals surface area contributed by atoms with E-state index in [9.17, 15) is 4.79 Å². The molecule has 0 aromatic heterocycles. The number of hydrogen-bond donors (Lipinski definition) is 1. The second-order valence-electron chi connectivity index (χ2n) is 3.28. The zero-order valence-corrected chi connectivity index (χ0v) is 6.43. The summed E-state index contributed by atoms with van der Waals surface area (Å²) in [6.45, 7) is 5.31. The highest BCUT2D eigenvalue weighted by atomic mass is 16.4. The average Bonchev–Trinajstić information content (AvgIpc) is 1.60. The fourth-order valence-corrected chi connectivity index (χ4v) is 0.649. The minimum Gasteiger partial charge on any atom is -0.480 e. The molecule has 1 unspecified atom stereocenters. The third kappa shape index (κ3) is 2.10. The molecule has 2 heteroatoms. The van der Waals surface area contributed by atoms with Crippen LogP contribution in [0.1, 0.15) is 20.8 Å². The van der Waals surface area contributed by atoms with Gasteiger partial charge in [0.1, 0.15) is 5.92 Å². The third-order valence-corrected chi connectivity index (χ3v) is 1.26. The van der Waals surface area contributed by atoms with Crippen LogP contribution < -0.4 is 0 Å². The highest BCUT2D eigenvalue weighted by molar-refractivity contribution is 5.74. The number of hydrogen-bond acceptors (Lipinski definition) is 1. The Bertz CT molecular complexity index is 169. The molecule has 0 aliphatic heterocycles. The monoisotopic (exact) mass is 139 g/mol. The summed E-state index contributed by atoms with van der Waals surface area (Å²) in [7, 11) is 0. The predicted molar refractivity (Wildman–Crippen MR) is 37.7 cm³/mol. The van der Waals surface area contributed by atoms with Gasteiger partial charge in [-0.2, -0.15) is 0 Å². The Labute approximate surface area is 61.2 Å². The molecule has 1 N–H and O–H groups in total. The van der Waals surface area contributed by atoms with Crippen LogP contribution in [0, 0.1) is 23.7 Å². The first kappa shape index (κ1) is 9.03. The van der Waals surface area contributed by atoms with Crippen molar-refractivity contribution in [3.05, 3.63) is 6.42 Å². The topological polar surface area (TPSA) is 37.3 Å². The molecular weight excluding hydrogens is 128 g/mol. The molecule has 2 nitrogen and oxygen atoms in total. The van der Waals surface area contributed by atoms with Gasteiger partial charge in [-0.1, -0.05) is 26.7 Å². The van der Waals surface area contributed by atoms with Crippen LogP contribution in [0.4, 0.5) is 0 Å². The smallest absolute Gasteiger partial charge is 0.319 e. The van der Waals surface area contributed by atoms with Crippen LogP contribution in [0.15, 0.2) is 0 Å². The first-order chi connectivity index (χ1) is 4.39. The molecular formula is C8H11O2. The molecule has 0 aromatic carbocycles. The summed E-state index contributed by atoms with van der Waals surface area (Å²) in [5.41, 5.74) is -0.409. The van der Waals surface area contributed by atoms with Crippen LogP contribution in [0.5, 0.6) is 0 Å². The fraction of sp³-hybridized carbons (Fsp3) is 0.625. The molecule has 0 aromatic rings. The van der Waals surface area contributed by atoms with E-state index in [1.807, 2.05) is 5.92 Å². The van der Waals surface area contributed by atoms with Gasteiger partial charge in [0, 0.05) is 0 Å². The van der Waals surface area contributed by atoms with Crippen molar-refractivity contribution in [1.29, 1.82) is 0 Å². The van der Waals surface area contributed by atoms with E-state index in [0.29, 0.717) is 0 Å². The van der Waals surface area contributed by atoms with Crippen molar-refractivity contribution in [2.45, 2.75) is 20.8 Å². The van der Waals surface area contributed by atoms with Gasteiger partial charge in [-0.15, -0.1) is 0 Å². The number of carbonyl (C=O) groups is 1. The van der Waals surface area contributed by atoms with Crippen molar-refractivity contribution in [2.75, 3.05) is 0 Å². The summed E-state index contributed by atoms with van der Waals surface area (Å²) >= 11 is 0. The molecule has 55 valence electrons. The molecule has 0 heterocycles. The summed E-state index contributed by atoms with van der Waals surface area (Å²) in [6.07, 6.45) is 6.72. The number of carboxylic acid groups (broad SMARTS) is 1. The Balaban J connectivity index is 4.42. The van der Waals surface area contributed by atoms with Gasteiger partial charge in [-0.3, -0.25) is 4.79 Å². The first-order valence-electron chi connectivity index (χ1n) is 3.04. The summed E-state index contributed by atoms with van der Waals surface area (Å²) in [5.74, 6) is 0.209. The Morgan fingerprint density at radius 1 is 1.60 bits per heavy atom.